The fourth-order valence-corrected chi connectivity index (χ4v) is 2.02. The zero-order valence-electron chi connectivity index (χ0n) is 9.03. The molecule has 4 nitrogen and oxygen atoms in total. The van der Waals surface area contributed by atoms with Crippen LogP contribution >= 0.6 is 15.9 Å². The highest BCUT2D eigenvalue weighted by atomic mass is 79.9. The average Bonchev–Trinajstić information content (AvgIpc) is 2.69. The molecule has 0 amide bonds. The number of aromatic nitrogens is 2. The smallest absolute Gasteiger partial charge is 0.338 e. The molecule has 2 rings (SSSR count). The Labute approximate surface area is 101 Å². The van der Waals surface area contributed by atoms with Crippen molar-refractivity contribution in [2.24, 2.45) is 0 Å². The van der Waals surface area contributed by atoms with E-state index < -0.39 is 0 Å². The van der Waals surface area contributed by atoms with Crippen molar-refractivity contribution in [3.63, 3.8) is 0 Å². The van der Waals surface area contributed by atoms with E-state index in [2.05, 4.69) is 21.0 Å². The molecule has 0 radical (unpaired) electrons. The van der Waals surface area contributed by atoms with Crippen LogP contribution in [0, 0.1) is 0 Å². The fraction of sp³-hybridized carbons (Fsp3) is 0.273. The van der Waals surface area contributed by atoms with E-state index in [0.29, 0.717) is 5.56 Å². The normalized spacial score (nSPS) is 10.7. The fourth-order valence-electron chi connectivity index (χ4n) is 1.58. The average molecular weight is 283 g/mol. The van der Waals surface area contributed by atoms with Gasteiger partial charge in [-0.15, -0.1) is 0 Å². The van der Waals surface area contributed by atoms with Crippen LogP contribution in [0.4, 0.5) is 0 Å². The maximum Gasteiger partial charge on any atom is 0.338 e. The maximum atomic E-state index is 11.6. The molecular formula is C11H11BrN2O2. The van der Waals surface area contributed by atoms with Crippen LogP contribution < -0.4 is 0 Å². The molecule has 0 aliphatic rings. The number of hydrogen-bond donors (Lipinski definition) is 0. The molecule has 5 heteroatoms. The van der Waals surface area contributed by atoms with Gasteiger partial charge in [0.25, 0.3) is 0 Å². The minimum atomic E-state index is -0.345. The van der Waals surface area contributed by atoms with Gasteiger partial charge in [-0.3, -0.25) is 4.68 Å². The van der Waals surface area contributed by atoms with Gasteiger partial charge in [0.05, 0.1) is 18.2 Å². The molecule has 0 fully saturated rings. The summed E-state index contributed by atoms with van der Waals surface area (Å²) in [6.07, 6.45) is 1.86. The lowest BCUT2D eigenvalue weighted by atomic mass is 10.1. The van der Waals surface area contributed by atoms with Gasteiger partial charge in [0, 0.05) is 22.6 Å². The molecule has 1 heterocycles. The number of carbonyl (C=O) groups excluding carboxylic acids is 1. The third-order valence-corrected chi connectivity index (χ3v) is 2.82. The highest BCUT2D eigenvalue weighted by molar-refractivity contribution is 9.10. The summed E-state index contributed by atoms with van der Waals surface area (Å²) in [7, 11) is 1.37. The number of nitrogens with zero attached hydrogens (tertiary/aromatic N) is 2. The van der Waals surface area contributed by atoms with Crippen LogP contribution in [0.3, 0.4) is 0 Å². The highest BCUT2D eigenvalue weighted by Crippen LogP contribution is 2.24. The van der Waals surface area contributed by atoms with Crippen LogP contribution in [-0.4, -0.2) is 22.9 Å². The largest absolute Gasteiger partial charge is 0.465 e. The van der Waals surface area contributed by atoms with E-state index in [0.717, 1.165) is 21.9 Å². The third-order valence-electron chi connectivity index (χ3n) is 2.37. The van der Waals surface area contributed by atoms with Gasteiger partial charge in [0.15, 0.2) is 0 Å². The van der Waals surface area contributed by atoms with Crippen LogP contribution in [0.2, 0.25) is 0 Å². The second kappa shape index (κ2) is 4.25. The van der Waals surface area contributed by atoms with Crippen molar-refractivity contribution in [1.82, 2.24) is 9.78 Å². The van der Waals surface area contributed by atoms with Crippen molar-refractivity contribution >= 4 is 32.8 Å². The van der Waals surface area contributed by atoms with E-state index >= 15 is 0 Å². The van der Waals surface area contributed by atoms with Gasteiger partial charge < -0.3 is 4.74 Å². The Bertz CT molecular complexity index is 548. The van der Waals surface area contributed by atoms with Crippen LogP contribution in [0.15, 0.2) is 22.8 Å². The minimum Gasteiger partial charge on any atom is -0.465 e. The van der Waals surface area contributed by atoms with Gasteiger partial charge in [-0.05, 0) is 19.1 Å². The lowest BCUT2D eigenvalue weighted by Gasteiger charge is -2.00. The number of aryl methyl sites for hydroxylation is 1. The lowest BCUT2D eigenvalue weighted by Crippen LogP contribution is -2.01. The Morgan fingerprint density at radius 3 is 2.94 bits per heavy atom. The van der Waals surface area contributed by atoms with Crippen molar-refractivity contribution in [3.8, 4) is 0 Å². The summed E-state index contributed by atoms with van der Waals surface area (Å²) in [5.74, 6) is -0.345. The molecule has 0 bridgehead atoms. The first-order chi connectivity index (χ1) is 7.65. The molecule has 1 aromatic carbocycles. The summed E-state index contributed by atoms with van der Waals surface area (Å²) in [5.41, 5.74) is 1.32. The van der Waals surface area contributed by atoms with Crippen LogP contribution in [0.5, 0.6) is 0 Å². The lowest BCUT2D eigenvalue weighted by molar-refractivity contribution is 0.0603. The highest BCUT2D eigenvalue weighted by Gasteiger charge is 2.14. The van der Waals surface area contributed by atoms with E-state index in [1.165, 1.54) is 7.11 Å². The second-order valence-electron chi connectivity index (χ2n) is 3.36. The molecule has 0 atom stereocenters. The Hall–Kier alpha value is -1.36. The molecule has 16 heavy (non-hydrogen) atoms. The molecule has 0 unspecified atom stereocenters. The van der Waals surface area contributed by atoms with E-state index in [-0.39, 0.29) is 5.97 Å². The molecular weight excluding hydrogens is 272 g/mol. The number of rotatable bonds is 2. The van der Waals surface area contributed by atoms with Gasteiger partial charge in [-0.25, -0.2) is 4.79 Å². The number of benzene rings is 1. The SMILES string of the molecule is CCn1cc2c(C(=O)OC)cc(Br)cc2n1. The van der Waals surface area contributed by atoms with Gasteiger partial charge in [0.2, 0.25) is 0 Å². The summed E-state index contributed by atoms with van der Waals surface area (Å²) >= 11 is 3.35. The Morgan fingerprint density at radius 1 is 1.56 bits per heavy atom. The van der Waals surface area contributed by atoms with Gasteiger partial charge in [-0.1, -0.05) is 15.9 Å². The Morgan fingerprint density at radius 2 is 2.31 bits per heavy atom. The Balaban J connectivity index is 2.70. The standard InChI is InChI=1S/C11H11BrN2O2/c1-3-14-6-9-8(11(15)16-2)4-7(12)5-10(9)13-14/h4-6H,3H2,1-2H3. The summed E-state index contributed by atoms with van der Waals surface area (Å²) in [6.45, 7) is 2.77. The number of methoxy groups -OCH3 is 1. The first-order valence-electron chi connectivity index (χ1n) is 4.90. The first-order valence-corrected chi connectivity index (χ1v) is 5.70. The number of esters is 1. The zero-order valence-corrected chi connectivity index (χ0v) is 10.6. The van der Waals surface area contributed by atoms with Gasteiger partial charge in [0.1, 0.15) is 0 Å². The minimum absolute atomic E-state index is 0.345. The molecule has 0 aliphatic carbocycles. The number of carbonyl (C=O) groups is 1. The molecule has 0 aliphatic heterocycles. The van der Waals surface area contributed by atoms with Gasteiger partial charge >= 0.3 is 5.97 Å². The van der Waals surface area contributed by atoms with Crippen molar-refractivity contribution < 1.29 is 9.53 Å². The number of fused-ring (bicyclic) bond motifs is 1. The molecule has 84 valence electrons. The number of halogens is 1. The summed E-state index contributed by atoms with van der Waals surface area (Å²) in [6, 6.07) is 3.63. The van der Waals surface area contributed by atoms with Crippen molar-refractivity contribution in [2.45, 2.75) is 13.5 Å². The first kappa shape index (κ1) is 11.1. The maximum absolute atomic E-state index is 11.6. The quantitative estimate of drug-likeness (QED) is 0.796. The van der Waals surface area contributed by atoms with E-state index in [1.54, 1.807) is 10.7 Å². The number of ether oxygens (including phenoxy) is 1. The third kappa shape index (κ3) is 1.82. The molecule has 0 spiro atoms. The van der Waals surface area contributed by atoms with Crippen LogP contribution in [0.25, 0.3) is 10.9 Å². The van der Waals surface area contributed by atoms with Gasteiger partial charge in [-0.2, -0.15) is 5.10 Å². The summed E-state index contributed by atoms with van der Waals surface area (Å²) in [4.78, 5) is 11.6. The monoisotopic (exact) mass is 282 g/mol. The summed E-state index contributed by atoms with van der Waals surface area (Å²) < 4.78 is 7.36. The molecule has 1 aromatic heterocycles. The number of hydrogen-bond acceptors (Lipinski definition) is 3. The van der Waals surface area contributed by atoms with Crippen molar-refractivity contribution in [1.29, 1.82) is 0 Å². The van der Waals surface area contributed by atoms with Crippen molar-refractivity contribution in [3.05, 3.63) is 28.4 Å². The topological polar surface area (TPSA) is 44.1 Å². The predicted octanol–water partition coefficient (Wildman–Crippen LogP) is 2.61. The van der Waals surface area contributed by atoms with Crippen LogP contribution in [0.1, 0.15) is 17.3 Å². The molecule has 0 N–H and O–H groups in total. The second-order valence-corrected chi connectivity index (χ2v) is 4.28. The van der Waals surface area contributed by atoms with Crippen LogP contribution in [-0.2, 0) is 11.3 Å². The van der Waals surface area contributed by atoms with E-state index in [9.17, 15) is 4.79 Å². The van der Waals surface area contributed by atoms with E-state index in [4.69, 9.17) is 4.74 Å². The summed E-state index contributed by atoms with van der Waals surface area (Å²) in [5, 5.41) is 5.16. The predicted molar refractivity (Wildman–Crippen MR) is 64.4 cm³/mol. The Kier molecular flexibility index (Phi) is 2.96. The molecule has 0 saturated carbocycles. The molecule has 0 saturated heterocycles. The van der Waals surface area contributed by atoms with E-state index in [1.807, 2.05) is 19.2 Å². The zero-order chi connectivity index (χ0) is 11.7. The molecule has 2 aromatic rings. The van der Waals surface area contributed by atoms with Crippen molar-refractivity contribution in [2.75, 3.05) is 7.11 Å².